The van der Waals surface area contributed by atoms with E-state index in [1.165, 1.54) is 0 Å². The molecule has 1 atom stereocenters. The van der Waals surface area contributed by atoms with Gasteiger partial charge in [0, 0.05) is 13.1 Å². The summed E-state index contributed by atoms with van der Waals surface area (Å²) in [5.41, 5.74) is 0. The third-order valence-electron chi connectivity index (χ3n) is 3.15. The van der Waals surface area contributed by atoms with E-state index in [0.29, 0.717) is 5.92 Å². The molecule has 2 fully saturated rings. The lowest BCUT2D eigenvalue weighted by molar-refractivity contribution is -0.134. The fraction of sp³-hybridized carbons (Fsp3) is 0.900. The second kappa shape index (κ2) is 4.19. The van der Waals surface area contributed by atoms with Crippen LogP contribution in [0.2, 0.25) is 0 Å². The molecule has 1 heterocycles. The number of carbonyl (C=O) groups excluding carboxylic acids is 1. The second-order valence-corrected chi connectivity index (χ2v) is 5.49. The molecule has 0 aromatic carbocycles. The van der Waals surface area contributed by atoms with Gasteiger partial charge in [-0.05, 0) is 31.6 Å². The van der Waals surface area contributed by atoms with Crippen LogP contribution in [0.1, 0.15) is 25.7 Å². The lowest BCUT2D eigenvalue weighted by Crippen LogP contribution is -2.47. The van der Waals surface area contributed by atoms with Crippen molar-refractivity contribution in [1.29, 1.82) is 0 Å². The highest BCUT2D eigenvalue weighted by Gasteiger charge is 2.33. The highest BCUT2D eigenvalue weighted by molar-refractivity contribution is 9.10. The Morgan fingerprint density at radius 3 is 2.86 bits per heavy atom. The van der Waals surface area contributed by atoms with Crippen molar-refractivity contribution in [1.82, 2.24) is 4.90 Å². The summed E-state index contributed by atoms with van der Waals surface area (Å²) in [4.78, 5) is 13.7. The molecule has 0 aromatic rings. The van der Waals surface area contributed by atoms with Crippen molar-refractivity contribution in [2.24, 2.45) is 5.92 Å². The monoisotopic (exact) mass is 261 g/mol. The van der Waals surface area contributed by atoms with Gasteiger partial charge in [0.1, 0.15) is 0 Å². The van der Waals surface area contributed by atoms with E-state index in [4.69, 9.17) is 5.11 Å². The van der Waals surface area contributed by atoms with Gasteiger partial charge in [-0.25, -0.2) is 0 Å². The number of hydrogen-bond donors (Lipinski definition) is 1. The summed E-state index contributed by atoms with van der Waals surface area (Å²) in [6.07, 6.45) is 3.69. The SMILES string of the molecule is O=C1C(Br)CCCN1CC1CC(O)C1. The summed E-state index contributed by atoms with van der Waals surface area (Å²) >= 11 is 3.40. The maximum Gasteiger partial charge on any atom is 0.236 e. The van der Waals surface area contributed by atoms with Crippen LogP contribution >= 0.6 is 15.9 Å². The van der Waals surface area contributed by atoms with Crippen molar-refractivity contribution in [3.63, 3.8) is 0 Å². The first-order valence-electron chi connectivity index (χ1n) is 5.27. The van der Waals surface area contributed by atoms with Gasteiger partial charge in [0.15, 0.2) is 0 Å². The van der Waals surface area contributed by atoms with Gasteiger partial charge in [-0.1, -0.05) is 15.9 Å². The fourth-order valence-electron chi connectivity index (χ4n) is 2.24. The number of rotatable bonds is 2. The van der Waals surface area contributed by atoms with Crippen LogP contribution in [0.3, 0.4) is 0 Å². The number of aliphatic hydroxyl groups excluding tert-OH is 1. The predicted molar refractivity (Wildman–Crippen MR) is 57.3 cm³/mol. The number of amides is 1. The molecule has 2 rings (SSSR count). The highest BCUT2D eigenvalue weighted by Crippen LogP contribution is 2.29. The number of halogens is 1. The quantitative estimate of drug-likeness (QED) is 0.758. The minimum Gasteiger partial charge on any atom is -0.393 e. The number of hydrogen-bond acceptors (Lipinski definition) is 2. The minimum atomic E-state index is -0.111. The van der Waals surface area contributed by atoms with Crippen molar-refractivity contribution >= 4 is 21.8 Å². The van der Waals surface area contributed by atoms with Crippen molar-refractivity contribution in [2.75, 3.05) is 13.1 Å². The molecular weight excluding hydrogens is 246 g/mol. The maximum absolute atomic E-state index is 11.7. The predicted octanol–water partition coefficient (Wildman–Crippen LogP) is 1.14. The lowest BCUT2D eigenvalue weighted by Gasteiger charge is -2.38. The third kappa shape index (κ3) is 2.11. The Morgan fingerprint density at radius 2 is 2.21 bits per heavy atom. The third-order valence-corrected chi connectivity index (χ3v) is 4.00. The van der Waals surface area contributed by atoms with Gasteiger partial charge < -0.3 is 10.0 Å². The van der Waals surface area contributed by atoms with E-state index in [0.717, 1.165) is 38.8 Å². The highest BCUT2D eigenvalue weighted by atomic mass is 79.9. The summed E-state index contributed by atoms with van der Waals surface area (Å²) in [7, 11) is 0. The molecule has 1 N–H and O–H groups in total. The van der Waals surface area contributed by atoms with Crippen molar-refractivity contribution in [3.8, 4) is 0 Å². The van der Waals surface area contributed by atoms with Gasteiger partial charge in [-0.3, -0.25) is 4.79 Å². The van der Waals surface area contributed by atoms with E-state index in [9.17, 15) is 4.79 Å². The summed E-state index contributed by atoms with van der Waals surface area (Å²) in [5, 5.41) is 9.15. The molecule has 4 heteroatoms. The van der Waals surface area contributed by atoms with Gasteiger partial charge in [0.25, 0.3) is 0 Å². The number of carbonyl (C=O) groups is 1. The summed E-state index contributed by atoms with van der Waals surface area (Å²) < 4.78 is 0. The number of aliphatic hydroxyl groups is 1. The average Bonchev–Trinajstić information content (AvgIpc) is 2.10. The first kappa shape index (κ1) is 10.4. The van der Waals surface area contributed by atoms with E-state index in [2.05, 4.69) is 15.9 Å². The molecule has 0 spiro atoms. The van der Waals surface area contributed by atoms with Crippen LogP contribution in [-0.4, -0.2) is 39.9 Å². The Balaban J connectivity index is 1.82. The zero-order valence-corrected chi connectivity index (χ0v) is 9.74. The molecule has 1 amide bonds. The van der Waals surface area contributed by atoms with E-state index >= 15 is 0 Å². The zero-order chi connectivity index (χ0) is 10.1. The molecule has 0 aromatic heterocycles. The maximum atomic E-state index is 11.7. The Labute approximate surface area is 92.6 Å². The molecule has 14 heavy (non-hydrogen) atoms. The Bertz CT molecular complexity index is 228. The number of piperidine rings is 1. The van der Waals surface area contributed by atoms with Crippen molar-refractivity contribution in [3.05, 3.63) is 0 Å². The van der Waals surface area contributed by atoms with Crippen molar-refractivity contribution in [2.45, 2.75) is 36.6 Å². The van der Waals surface area contributed by atoms with Gasteiger partial charge in [-0.15, -0.1) is 0 Å². The number of alkyl halides is 1. The van der Waals surface area contributed by atoms with Gasteiger partial charge in [0.2, 0.25) is 5.91 Å². The summed E-state index contributed by atoms with van der Waals surface area (Å²) in [6.45, 7) is 1.74. The molecule has 2 aliphatic rings. The second-order valence-electron chi connectivity index (χ2n) is 4.39. The molecular formula is C10H16BrNO2. The Hall–Kier alpha value is -0.0900. The van der Waals surface area contributed by atoms with Gasteiger partial charge in [-0.2, -0.15) is 0 Å². The van der Waals surface area contributed by atoms with E-state index in [1.54, 1.807) is 0 Å². The normalized spacial score (nSPS) is 38.3. The number of likely N-dealkylation sites (tertiary alicyclic amines) is 1. The fourth-order valence-corrected chi connectivity index (χ4v) is 2.85. The molecule has 80 valence electrons. The Morgan fingerprint density at radius 1 is 1.50 bits per heavy atom. The van der Waals surface area contributed by atoms with Crippen LogP contribution in [0, 0.1) is 5.92 Å². The van der Waals surface area contributed by atoms with Crippen LogP contribution in [-0.2, 0) is 4.79 Å². The van der Waals surface area contributed by atoms with E-state index in [1.807, 2.05) is 4.90 Å². The largest absolute Gasteiger partial charge is 0.393 e. The molecule has 1 saturated carbocycles. The Kier molecular flexibility index (Phi) is 3.12. The van der Waals surface area contributed by atoms with Gasteiger partial charge in [0.05, 0.1) is 10.9 Å². The first-order chi connectivity index (χ1) is 6.66. The molecule has 0 bridgehead atoms. The van der Waals surface area contributed by atoms with E-state index < -0.39 is 0 Å². The molecule has 0 radical (unpaired) electrons. The average molecular weight is 262 g/mol. The van der Waals surface area contributed by atoms with Crippen LogP contribution in [0.5, 0.6) is 0 Å². The minimum absolute atomic E-state index is 0.0289. The van der Waals surface area contributed by atoms with Crippen LogP contribution in [0.15, 0.2) is 0 Å². The molecule has 3 nitrogen and oxygen atoms in total. The molecule has 1 aliphatic heterocycles. The topological polar surface area (TPSA) is 40.5 Å². The molecule has 1 aliphatic carbocycles. The van der Waals surface area contributed by atoms with E-state index in [-0.39, 0.29) is 16.8 Å². The smallest absolute Gasteiger partial charge is 0.236 e. The lowest BCUT2D eigenvalue weighted by atomic mass is 9.82. The summed E-state index contributed by atoms with van der Waals surface area (Å²) in [5.74, 6) is 0.768. The van der Waals surface area contributed by atoms with Gasteiger partial charge >= 0.3 is 0 Å². The van der Waals surface area contributed by atoms with Crippen LogP contribution < -0.4 is 0 Å². The van der Waals surface area contributed by atoms with Crippen LogP contribution in [0.4, 0.5) is 0 Å². The molecule has 1 saturated heterocycles. The van der Waals surface area contributed by atoms with Crippen LogP contribution in [0.25, 0.3) is 0 Å². The molecule has 1 unspecified atom stereocenters. The standard InChI is InChI=1S/C10H16BrNO2/c11-9-2-1-3-12(10(9)14)6-7-4-8(13)5-7/h7-9,13H,1-6H2. The summed E-state index contributed by atoms with van der Waals surface area (Å²) in [6, 6.07) is 0. The number of nitrogens with zero attached hydrogens (tertiary/aromatic N) is 1. The first-order valence-corrected chi connectivity index (χ1v) is 6.19. The van der Waals surface area contributed by atoms with Crippen molar-refractivity contribution < 1.29 is 9.90 Å². The zero-order valence-electron chi connectivity index (χ0n) is 8.16.